The summed E-state index contributed by atoms with van der Waals surface area (Å²) in [6.07, 6.45) is 2.21. The average molecular weight is 498 g/mol. The number of nitrogen functional groups attached to an aromatic ring is 1. The van der Waals surface area contributed by atoms with Gasteiger partial charge in [0, 0.05) is 24.4 Å². The molecule has 0 atom stereocenters. The highest BCUT2D eigenvalue weighted by Gasteiger charge is 2.22. The Hall–Kier alpha value is -5.17. The van der Waals surface area contributed by atoms with Gasteiger partial charge in [0.1, 0.15) is 47.0 Å². The fraction of sp³-hybridized carbons (Fsp3) is 0.0370. The molecule has 5 rings (SSSR count). The predicted molar refractivity (Wildman–Crippen MR) is 133 cm³/mol. The van der Waals surface area contributed by atoms with Gasteiger partial charge < -0.3 is 11.1 Å². The van der Waals surface area contributed by atoms with Crippen LogP contribution in [0.5, 0.6) is 0 Å². The molecule has 5 aromatic rings. The molecular weight excluding hydrogens is 481 g/mol. The second-order valence-corrected chi connectivity index (χ2v) is 8.11. The monoisotopic (exact) mass is 498 g/mol. The van der Waals surface area contributed by atoms with Crippen LogP contribution in [0.1, 0.15) is 11.1 Å². The lowest BCUT2D eigenvalue weighted by Crippen LogP contribution is -2.21. The Kier molecular flexibility index (Phi) is 6.03. The van der Waals surface area contributed by atoms with Crippen LogP contribution in [0.3, 0.4) is 0 Å². The smallest absolute Gasteiger partial charge is 0.263 e. The molecule has 0 aliphatic carbocycles. The summed E-state index contributed by atoms with van der Waals surface area (Å²) in [4.78, 5) is 21.6. The molecule has 3 aromatic heterocycles. The summed E-state index contributed by atoms with van der Waals surface area (Å²) >= 11 is 0. The maximum absolute atomic E-state index is 14.4. The highest BCUT2D eigenvalue weighted by Crippen LogP contribution is 2.35. The minimum atomic E-state index is -0.822. The summed E-state index contributed by atoms with van der Waals surface area (Å²) in [5.74, 6) is -2.23. The molecule has 37 heavy (non-hydrogen) atoms. The van der Waals surface area contributed by atoms with Crippen molar-refractivity contribution < 1.29 is 13.2 Å². The Morgan fingerprint density at radius 2 is 1.65 bits per heavy atom. The summed E-state index contributed by atoms with van der Waals surface area (Å²) in [5, 5.41) is 12.5. The van der Waals surface area contributed by atoms with Crippen molar-refractivity contribution >= 4 is 17.2 Å². The molecule has 0 spiro atoms. The summed E-state index contributed by atoms with van der Waals surface area (Å²) in [6.45, 7) is -0.0913. The standard InChI is InChI=1S/C27H17F3N6O/c28-17-6-7-22-23(16-8-18(29)10-19(30)9-16)21(12-33-26-20(11-31)25(32)34-14-35-26)24(27(37)36(22)13-17)15-4-2-1-3-5-15/h1-10,13-14H,12H2,(H3,32,33,34,35). The predicted octanol–water partition coefficient (Wildman–Crippen LogP) is 4.91. The largest absolute Gasteiger partial charge is 0.382 e. The number of anilines is 2. The van der Waals surface area contributed by atoms with Gasteiger partial charge in [-0.3, -0.25) is 9.20 Å². The molecule has 0 aliphatic rings. The van der Waals surface area contributed by atoms with Crippen LogP contribution in [-0.4, -0.2) is 14.4 Å². The van der Waals surface area contributed by atoms with Crippen molar-refractivity contribution in [3.05, 3.63) is 112 Å². The molecule has 2 aromatic carbocycles. The molecule has 3 N–H and O–H groups in total. The maximum atomic E-state index is 14.4. The normalized spacial score (nSPS) is 10.9. The van der Waals surface area contributed by atoms with E-state index in [0.29, 0.717) is 16.7 Å². The van der Waals surface area contributed by atoms with Gasteiger partial charge in [0.15, 0.2) is 0 Å². The van der Waals surface area contributed by atoms with Gasteiger partial charge >= 0.3 is 0 Å². The van der Waals surface area contributed by atoms with E-state index in [1.54, 1.807) is 30.3 Å². The van der Waals surface area contributed by atoms with E-state index in [-0.39, 0.29) is 40.4 Å². The highest BCUT2D eigenvalue weighted by molar-refractivity contribution is 5.89. The first kappa shape index (κ1) is 23.6. The van der Waals surface area contributed by atoms with Gasteiger partial charge in [-0.15, -0.1) is 0 Å². The molecule has 0 fully saturated rings. The quantitative estimate of drug-likeness (QED) is 0.357. The Bertz CT molecular complexity index is 1740. The first-order chi connectivity index (χ1) is 17.9. The van der Waals surface area contributed by atoms with Crippen molar-refractivity contribution in [2.75, 3.05) is 11.1 Å². The van der Waals surface area contributed by atoms with E-state index < -0.39 is 23.0 Å². The number of benzene rings is 2. The number of fused-ring (bicyclic) bond motifs is 1. The summed E-state index contributed by atoms with van der Waals surface area (Å²) < 4.78 is 44.1. The molecule has 0 saturated heterocycles. The number of halogens is 3. The third-order valence-electron chi connectivity index (χ3n) is 5.84. The lowest BCUT2D eigenvalue weighted by molar-refractivity contribution is 0.584. The molecule has 0 aliphatic heterocycles. The van der Waals surface area contributed by atoms with E-state index >= 15 is 0 Å². The van der Waals surface area contributed by atoms with Crippen LogP contribution in [0.2, 0.25) is 0 Å². The second-order valence-electron chi connectivity index (χ2n) is 8.11. The Labute approximate surface area is 208 Å². The average Bonchev–Trinajstić information content (AvgIpc) is 2.87. The number of nitrogens with zero attached hydrogens (tertiary/aromatic N) is 4. The lowest BCUT2D eigenvalue weighted by Gasteiger charge is -2.20. The molecular formula is C27H17F3N6O. The van der Waals surface area contributed by atoms with E-state index in [4.69, 9.17) is 5.73 Å². The topological polar surface area (TPSA) is 109 Å². The molecule has 7 nitrogen and oxygen atoms in total. The van der Waals surface area contributed by atoms with E-state index in [2.05, 4.69) is 15.3 Å². The van der Waals surface area contributed by atoms with Gasteiger partial charge in [-0.1, -0.05) is 30.3 Å². The zero-order valence-corrected chi connectivity index (χ0v) is 19.0. The van der Waals surface area contributed by atoms with E-state index in [9.17, 15) is 23.2 Å². The minimum Gasteiger partial charge on any atom is -0.382 e. The van der Waals surface area contributed by atoms with Gasteiger partial charge in [-0.2, -0.15) is 5.26 Å². The zero-order valence-electron chi connectivity index (χ0n) is 19.0. The summed E-state index contributed by atoms with van der Waals surface area (Å²) in [5.41, 5.74) is 6.97. The Morgan fingerprint density at radius 1 is 0.919 bits per heavy atom. The molecule has 0 radical (unpaired) electrons. The third kappa shape index (κ3) is 4.34. The van der Waals surface area contributed by atoms with Crippen molar-refractivity contribution in [2.24, 2.45) is 0 Å². The van der Waals surface area contributed by atoms with Crippen LogP contribution in [0, 0.1) is 28.8 Å². The highest BCUT2D eigenvalue weighted by atomic mass is 19.1. The molecule has 0 amide bonds. The van der Waals surface area contributed by atoms with Crippen LogP contribution in [-0.2, 0) is 6.54 Å². The first-order valence-corrected chi connectivity index (χ1v) is 11.0. The van der Waals surface area contributed by atoms with Crippen LogP contribution in [0.4, 0.5) is 24.8 Å². The summed E-state index contributed by atoms with van der Waals surface area (Å²) in [7, 11) is 0. The number of nitrogens with one attached hydrogen (secondary N) is 1. The third-order valence-corrected chi connectivity index (χ3v) is 5.84. The number of hydrogen-bond donors (Lipinski definition) is 2. The van der Waals surface area contributed by atoms with E-state index in [0.717, 1.165) is 34.9 Å². The number of aromatic nitrogens is 3. The molecule has 0 bridgehead atoms. The fourth-order valence-corrected chi connectivity index (χ4v) is 4.29. The first-order valence-electron chi connectivity index (χ1n) is 11.0. The maximum Gasteiger partial charge on any atom is 0.263 e. The van der Waals surface area contributed by atoms with Crippen LogP contribution in [0.25, 0.3) is 27.8 Å². The second kappa shape index (κ2) is 9.47. The Balaban J connectivity index is 1.86. The fourth-order valence-electron chi connectivity index (χ4n) is 4.29. The SMILES string of the molecule is N#Cc1c(N)ncnc1NCc1c(-c2ccccc2)c(=O)n2cc(F)ccc2c1-c1cc(F)cc(F)c1. The molecule has 0 saturated carbocycles. The number of nitriles is 1. The molecule has 10 heteroatoms. The lowest BCUT2D eigenvalue weighted by atomic mass is 9.91. The summed E-state index contributed by atoms with van der Waals surface area (Å²) in [6, 6.07) is 16.1. The molecule has 3 heterocycles. The number of rotatable bonds is 5. The van der Waals surface area contributed by atoms with E-state index in [1.165, 1.54) is 12.4 Å². The van der Waals surface area contributed by atoms with Crippen molar-refractivity contribution in [1.82, 2.24) is 14.4 Å². The van der Waals surface area contributed by atoms with Crippen LogP contribution < -0.4 is 16.6 Å². The van der Waals surface area contributed by atoms with Crippen LogP contribution >= 0.6 is 0 Å². The molecule has 182 valence electrons. The van der Waals surface area contributed by atoms with Gasteiger partial charge in [-0.05, 0) is 41.0 Å². The number of pyridine rings is 2. The van der Waals surface area contributed by atoms with Crippen molar-refractivity contribution in [2.45, 2.75) is 6.54 Å². The van der Waals surface area contributed by atoms with Gasteiger partial charge in [0.05, 0.1) is 11.1 Å². The van der Waals surface area contributed by atoms with Crippen molar-refractivity contribution in [3.63, 3.8) is 0 Å². The van der Waals surface area contributed by atoms with Gasteiger partial charge in [0.2, 0.25) is 0 Å². The molecule has 0 unspecified atom stereocenters. The number of hydrogen-bond acceptors (Lipinski definition) is 6. The zero-order chi connectivity index (χ0) is 26.1. The van der Waals surface area contributed by atoms with Gasteiger partial charge in [-0.25, -0.2) is 23.1 Å². The minimum absolute atomic E-state index is 0.00157. The Morgan fingerprint density at radius 3 is 2.35 bits per heavy atom. The van der Waals surface area contributed by atoms with Crippen molar-refractivity contribution in [3.8, 4) is 28.3 Å². The van der Waals surface area contributed by atoms with E-state index in [1.807, 2.05) is 6.07 Å². The van der Waals surface area contributed by atoms with Crippen molar-refractivity contribution in [1.29, 1.82) is 5.26 Å². The van der Waals surface area contributed by atoms with Crippen LogP contribution in [0.15, 0.2) is 78.0 Å². The number of nitrogens with two attached hydrogens (primary N) is 1. The van der Waals surface area contributed by atoms with Gasteiger partial charge in [0.25, 0.3) is 5.56 Å².